The minimum atomic E-state index is -1.09. The van der Waals surface area contributed by atoms with Gasteiger partial charge in [0.05, 0.1) is 18.6 Å². The fourth-order valence-electron chi connectivity index (χ4n) is 5.57. The number of halogens is 2. The van der Waals surface area contributed by atoms with Crippen LogP contribution in [0.4, 0.5) is 8.78 Å². The van der Waals surface area contributed by atoms with Gasteiger partial charge in [-0.2, -0.15) is 5.10 Å². The average Bonchev–Trinajstić information content (AvgIpc) is 3.54. The number of amides is 1. The molecule has 3 aliphatic heterocycles. The number of hydrogen-bond acceptors (Lipinski definition) is 7. The maximum absolute atomic E-state index is 14.1. The van der Waals surface area contributed by atoms with Gasteiger partial charge in [-0.1, -0.05) is 6.08 Å². The minimum absolute atomic E-state index is 0.0213. The molecule has 2 N–H and O–H groups in total. The Labute approximate surface area is 208 Å². The van der Waals surface area contributed by atoms with E-state index < -0.39 is 29.7 Å². The fourth-order valence-corrected chi connectivity index (χ4v) is 5.57. The van der Waals surface area contributed by atoms with Crippen LogP contribution in [0.5, 0.6) is 0 Å². The highest BCUT2D eigenvalue weighted by Crippen LogP contribution is 2.28. The van der Waals surface area contributed by atoms with Crippen LogP contribution in [0.3, 0.4) is 0 Å². The molecule has 0 aromatic heterocycles. The topological polar surface area (TPSA) is 97.6 Å². The number of carbonyl (C=O) groups excluding carboxylic acids is 2. The van der Waals surface area contributed by atoms with Gasteiger partial charge in [-0.25, -0.2) is 8.78 Å². The number of nitrogens with zero attached hydrogens (tertiary/aromatic N) is 4. The van der Waals surface area contributed by atoms with Gasteiger partial charge in [-0.3, -0.25) is 14.5 Å². The standard InChI is InChI=1S/C26H29F2N5O3/c27-17-9-16(10-18(28)12-17)11-24(25(35)23-15-32-8-2-4-20(32)14-29-23)33(19-3-1-5-21(34)13-19)26(36)22-6-7-30-31-22/h1,3,5,7,9-10,12,20,23-25,29,35H,2,4,6,8,11,13-15H2/t20-,23+,24-,25-/m0/s1. The fraction of sp³-hybridized carbons (Fsp3) is 0.462. The highest BCUT2D eigenvalue weighted by Gasteiger charge is 2.42. The first-order valence-electron chi connectivity index (χ1n) is 12.3. The van der Waals surface area contributed by atoms with E-state index in [4.69, 9.17) is 0 Å². The molecule has 1 aliphatic carbocycles. The molecule has 2 fully saturated rings. The molecule has 36 heavy (non-hydrogen) atoms. The highest BCUT2D eigenvalue weighted by molar-refractivity contribution is 6.42. The Bertz CT molecular complexity index is 1140. The predicted molar refractivity (Wildman–Crippen MR) is 130 cm³/mol. The van der Waals surface area contributed by atoms with Gasteiger partial charge >= 0.3 is 0 Å². The number of benzene rings is 1. The molecule has 1 aromatic carbocycles. The molecule has 2 saturated heterocycles. The molecule has 0 radical (unpaired) electrons. The zero-order valence-electron chi connectivity index (χ0n) is 19.8. The van der Waals surface area contributed by atoms with Crippen molar-refractivity contribution in [1.82, 2.24) is 15.1 Å². The average molecular weight is 498 g/mol. The molecule has 10 heteroatoms. The molecule has 4 aliphatic rings. The van der Waals surface area contributed by atoms with Crippen molar-refractivity contribution in [2.45, 2.75) is 56.3 Å². The highest BCUT2D eigenvalue weighted by atomic mass is 19.1. The van der Waals surface area contributed by atoms with Crippen LogP contribution in [0, 0.1) is 11.6 Å². The van der Waals surface area contributed by atoms with E-state index in [1.807, 2.05) is 0 Å². The Morgan fingerprint density at radius 3 is 2.81 bits per heavy atom. The lowest BCUT2D eigenvalue weighted by Crippen LogP contribution is -2.63. The summed E-state index contributed by atoms with van der Waals surface area (Å²) >= 11 is 0. The number of rotatable bonds is 7. The molecule has 3 heterocycles. The Morgan fingerprint density at radius 1 is 1.28 bits per heavy atom. The van der Waals surface area contributed by atoms with Crippen molar-refractivity contribution in [3.05, 3.63) is 59.3 Å². The first kappa shape index (κ1) is 24.6. The molecular weight excluding hydrogens is 468 g/mol. The maximum atomic E-state index is 14.1. The summed E-state index contributed by atoms with van der Waals surface area (Å²) in [4.78, 5) is 29.7. The molecule has 190 valence electrons. The summed E-state index contributed by atoms with van der Waals surface area (Å²) in [5.74, 6) is -2.15. The van der Waals surface area contributed by atoms with E-state index in [2.05, 4.69) is 20.4 Å². The van der Waals surface area contributed by atoms with E-state index in [1.165, 1.54) is 29.3 Å². The Hall–Kier alpha value is -3.08. The molecule has 0 saturated carbocycles. The summed E-state index contributed by atoms with van der Waals surface area (Å²) in [6, 6.07) is 2.31. The molecule has 0 unspecified atom stereocenters. The van der Waals surface area contributed by atoms with Crippen LogP contribution < -0.4 is 5.32 Å². The van der Waals surface area contributed by atoms with E-state index in [0.29, 0.717) is 30.4 Å². The van der Waals surface area contributed by atoms with E-state index in [-0.39, 0.29) is 36.8 Å². The van der Waals surface area contributed by atoms with E-state index in [1.54, 1.807) is 12.2 Å². The van der Waals surface area contributed by atoms with E-state index in [0.717, 1.165) is 25.5 Å². The van der Waals surface area contributed by atoms with Gasteiger partial charge in [0.1, 0.15) is 17.3 Å². The van der Waals surface area contributed by atoms with E-state index >= 15 is 0 Å². The largest absolute Gasteiger partial charge is 0.389 e. The molecule has 1 aromatic rings. The Balaban J connectivity index is 1.52. The third-order valence-electron chi connectivity index (χ3n) is 7.30. The predicted octanol–water partition coefficient (Wildman–Crippen LogP) is 1.74. The lowest BCUT2D eigenvalue weighted by molar-refractivity contribution is -0.127. The lowest BCUT2D eigenvalue weighted by Gasteiger charge is -2.43. The van der Waals surface area contributed by atoms with Gasteiger partial charge in [0, 0.05) is 49.6 Å². The summed E-state index contributed by atoms with van der Waals surface area (Å²) in [6.07, 6.45) is 7.41. The van der Waals surface area contributed by atoms with Crippen molar-refractivity contribution in [3.63, 3.8) is 0 Å². The molecule has 5 rings (SSSR count). The van der Waals surface area contributed by atoms with Gasteiger partial charge in [-0.15, -0.1) is 5.10 Å². The lowest BCUT2D eigenvalue weighted by atomic mass is 9.91. The summed E-state index contributed by atoms with van der Waals surface area (Å²) < 4.78 is 28.2. The Morgan fingerprint density at radius 2 is 2.08 bits per heavy atom. The summed E-state index contributed by atoms with van der Waals surface area (Å²) in [6.45, 7) is 2.24. The van der Waals surface area contributed by atoms with Crippen LogP contribution in [0.1, 0.15) is 31.2 Å². The number of aliphatic hydroxyl groups is 1. The van der Waals surface area contributed by atoms with Crippen LogP contribution in [0.2, 0.25) is 0 Å². The van der Waals surface area contributed by atoms with Crippen molar-refractivity contribution in [2.75, 3.05) is 19.6 Å². The number of hydrogen-bond donors (Lipinski definition) is 2. The van der Waals surface area contributed by atoms with Crippen molar-refractivity contribution in [2.24, 2.45) is 10.2 Å². The molecule has 1 amide bonds. The van der Waals surface area contributed by atoms with Crippen molar-refractivity contribution in [1.29, 1.82) is 0 Å². The van der Waals surface area contributed by atoms with Crippen LogP contribution in [0.25, 0.3) is 0 Å². The van der Waals surface area contributed by atoms with Gasteiger partial charge in [-0.05, 0) is 55.7 Å². The van der Waals surface area contributed by atoms with Crippen LogP contribution in [-0.2, 0) is 16.0 Å². The second kappa shape index (κ2) is 10.5. The zero-order valence-corrected chi connectivity index (χ0v) is 19.8. The smallest absolute Gasteiger partial charge is 0.275 e. The number of nitrogens with one attached hydrogen (secondary N) is 1. The second-order valence-electron chi connectivity index (χ2n) is 9.73. The number of fused-ring (bicyclic) bond motifs is 1. The van der Waals surface area contributed by atoms with Gasteiger partial charge in [0.2, 0.25) is 0 Å². The SMILES string of the molecule is O=C1C=CC=C(N(C(=O)C2=NN=CC2)[C@@H](Cc2cc(F)cc(F)c2)[C@@H](O)[C@H]2CN3CCC[C@H]3CN2)C1. The van der Waals surface area contributed by atoms with Crippen LogP contribution >= 0.6 is 0 Å². The monoisotopic (exact) mass is 497 g/mol. The van der Waals surface area contributed by atoms with Crippen LogP contribution in [-0.4, -0.2) is 82.4 Å². The molecular formula is C26H29F2N5O3. The maximum Gasteiger partial charge on any atom is 0.275 e. The third kappa shape index (κ3) is 5.21. The zero-order chi connectivity index (χ0) is 25.2. The van der Waals surface area contributed by atoms with Crippen molar-refractivity contribution in [3.8, 4) is 0 Å². The number of ketones is 1. The Kier molecular flexibility index (Phi) is 7.17. The molecule has 4 atom stereocenters. The van der Waals surface area contributed by atoms with Crippen molar-refractivity contribution >= 4 is 23.6 Å². The first-order valence-corrected chi connectivity index (χ1v) is 12.3. The minimum Gasteiger partial charge on any atom is -0.389 e. The first-order chi connectivity index (χ1) is 17.4. The number of carbonyl (C=O) groups is 2. The van der Waals surface area contributed by atoms with Crippen LogP contribution in [0.15, 0.2) is 52.3 Å². The summed E-state index contributed by atoms with van der Waals surface area (Å²) in [7, 11) is 0. The van der Waals surface area contributed by atoms with Gasteiger partial charge < -0.3 is 15.3 Å². The second-order valence-corrected chi connectivity index (χ2v) is 9.73. The molecule has 8 nitrogen and oxygen atoms in total. The van der Waals surface area contributed by atoms with Gasteiger partial charge in [0.25, 0.3) is 5.91 Å². The quantitative estimate of drug-likeness (QED) is 0.598. The summed E-state index contributed by atoms with van der Waals surface area (Å²) in [5, 5.41) is 22.9. The normalized spacial score (nSPS) is 25.4. The van der Waals surface area contributed by atoms with Crippen molar-refractivity contribution < 1.29 is 23.5 Å². The number of allylic oxidation sites excluding steroid dienone is 4. The van der Waals surface area contributed by atoms with E-state index in [9.17, 15) is 23.5 Å². The van der Waals surface area contributed by atoms with Gasteiger partial charge in [0.15, 0.2) is 5.78 Å². The summed E-state index contributed by atoms with van der Waals surface area (Å²) in [5.41, 5.74) is 0.877. The number of aliphatic hydroxyl groups excluding tert-OH is 1. The number of piperazine rings is 1. The third-order valence-corrected chi connectivity index (χ3v) is 7.30. The molecule has 0 bridgehead atoms. The molecule has 0 spiro atoms.